The van der Waals surface area contributed by atoms with Gasteiger partial charge in [-0.15, -0.1) is 0 Å². The van der Waals surface area contributed by atoms with Crippen LogP contribution in [-0.2, 0) is 15.5 Å². The van der Waals surface area contributed by atoms with Crippen LogP contribution in [-0.4, -0.2) is 22.0 Å². The fraction of sp³-hybridized carbons (Fsp3) is 0.625. The molecule has 2 unspecified atom stereocenters. The van der Waals surface area contributed by atoms with E-state index in [0.717, 1.165) is 12.2 Å². The summed E-state index contributed by atoms with van der Waals surface area (Å²) in [5.74, 6) is 1.07. The predicted octanol–water partition coefficient (Wildman–Crippen LogP) is 1.96. The zero-order valence-electron chi connectivity index (χ0n) is 7.80. The SMILES string of the molecule is CCOP1OC(C)Cc2nccn21. The summed E-state index contributed by atoms with van der Waals surface area (Å²) in [4.78, 5) is 4.26. The molecule has 0 aliphatic carbocycles. The Hall–Kier alpha value is -0.440. The van der Waals surface area contributed by atoms with E-state index < -0.39 is 8.53 Å². The maximum absolute atomic E-state index is 5.68. The molecule has 0 N–H and O–H groups in total. The Kier molecular flexibility index (Phi) is 2.63. The first-order valence-corrected chi connectivity index (χ1v) is 5.56. The number of rotatable bonds is 2. The largest absolute Gasteiger partial charge is 0.318 e. The van der Waals surface area contributed by atoms with Crippen molar-refractivity contribution in [3.8, 4) is 0 Å². The molecule has 2 rings (SSSR count). The Morgan fingerprint density at radius 3 is 3.46 bits per heavy atom. The van der Waals surface area contributed by atoms with Crippen molar-refractivity contribution in [2.24, 2.45) is 0 Å². The minimum atomic E-state index is -0.936. The molecule has 0 saturated carbocycles. The summed E-state index contributed by atoms with van der Waals surface area (Å²) in [6.07, 6.45) is 4.81. The smallest absolute Gasteiger partial charge is 0.295 e. The molecule has 0 spiro atoms. The highest BCUT2D eigenvalue weighted by atomic mass is 31.2. The van der Waals surface area contributed by atoms with Gasteiger partial charge in [-0.25, -0.2) is 4.98 Å². The number of fused-ring (bicyclic) bond motifs is 1. The number of aromatic nitrogens is 2. The van der Waals surface area contributed by atoms with Gasteiger partial charge in [-0.2, -0.15) is 0 Å². The molecule has 0 bridgehead atoms. The topological polar surface area (TPSA) is 36.3 Å². The molecule has 0 amide bonds. The molecule has 0 aromatic carbocycles. The molecule has 2 heterocycles. The lowest BCUT2D eigenvalue weighted by Gasteiger charge is -2.27. The van der Waals surface area contributed by atoms with E-state index in [4.69, 9.17) is 9.05 Å². The van der Waals surface area contributed by atoms with Gasteiger partial charge in [0, 0.05) is 18.8 Å². The molecule has 72 valence electrons. The predicted molar refractivity (Wildman–Crippen MR) is 50.4 cm³/mol. The second-order valence-electron chi connectivity index (χ2n) is 2.96. The lowest BCUT2D eigenvalue weighted by molar-refractivity contribution is 0.176. The summed E-state index contributed by atoms with van der Waals surface area (Å²) in [7, 11) is -0.936. The molecule has 2 atom stereocenters. The molecule has 0 saturated heterocycles. The van der Waals surface area contributed by atoms with E-state index >= 15 is 0 Å². The Bertz CT molecular complexity index is 289. The Labute approximate surface area is 78.8 Å². The van der Waals surface area contributed by atoms with Crippen LogP contribution >= 0.6 is 8.53 Å². The maximum atomic E-state index is 5.68. The second-order valence-corrected chi connectivity index (χ2v) is 4.34. The van der Waals surface area contributed by atoms with Crippen LogP contribution in [0.5, 0.6) is 0 Å². The zero-order chi connectivity index (χ0) is 9.26. The highest BCUT2D eigenvalue weighted by Gasteiger charge is 2.26. The number of nitrogens with zero attached hydrogens (tertiary/aromatic N) is 2. The van der Waals surface area contributed by atoms with Crippen LogP contribution in [0.25, 0.3) is 0 Å². The molecule has 0 fully saturated rings. The Balaban J connectivity index is 2.22. The van der Waals surface area contributed by atoms with Crippen LogP contribution < -0.4 is 0 Å². The van der Waals surface area contributed by atoms with Crippen molar-refractivity contribution in [2.45, 2.75) is 26.4 Å². The van der Waals surface area contributed by atoms with E-state index in [-0.39, 0.29) is 6.10 Å². The van der Waals surface area contributed by atoms with Crippen LogP contribution in [0, 0.1) is 0 Å². The van der Waals surface area contributed by atoms with Crippen molar-refractivity contribution in [1.82, 2.24) is 9.32 Å². The summed E-state index contributed by atoms with van der Waals surface area (Å²) in [6.45, 7) is 4.70. The molecule has 1 aliphatic rings. The highest BCUT2D eigenvalue weighted by Crippen LogP contribution is 2.45. The third kappa shape index (κ3) is 1.75. The molecule has 1 aromatic rings. The first-order chi connectivity index (χ1) is 6.31. The number of imidazole rings is 1. The Morgan fingerprint density at radius 2 is 2.69 bits per heavy atom. The van der Waals surface area contributed by atoms with Gasteiger partial charge in [0.05, 0.1) is 12.7 Å². The minimum absolute atomic E-state index is 0.215. The normalized spacial score (nSPS) is 27.2. The van der Waals surface area contributed by atoms with Crippen molar-refractivity contribution in [2.75, 3.05) is 6.61 Å². The van der Waals surface area contributed by atoms with Crippen molar-refractivity contribution in [1.29, 1.82) is 0 Å². The fourth-order valence-corrected chi connectivity index (χ4v) is 2.71. The van der Waals surface area contributed by atoms with Crippen LogP contribution in [0.3, 0.4) is 0 Å². The van der Waals surface area contributed by atoms with Gasteiger partial charge in [0.1, 0.15) is 5.82 Å². The van der Waals surface area contributed by atoms with Gasteiger partial charge >= 0.3 is 0 Å². The molecule has 0 radical (unpaired) electrons. The van der Waals surface area contributed by atoms with E-state index in [1.54, 1.807) is 6.20 Å². The van der Waals surface area contributed by atoms with E-state index in [0.29, 0.717) is 6.61 Å². The lowest BCUT2D eigenvalue weighted by atomic mass is 10.3. The van der Waals surface area contributed by atoms with E-state index in [2.05, 4.69) is 4.98 Å². The van der Waals surface area contributed by atoms with E-state index in [1.807, 2.05) is 24.4 Å². The van der Waals surface area contributed by atoms with Crippen molar-refractivity contribution in [3.05, 3.63) is 18.2 Å². The molecular weight excluding hydrogens is 187 g/mol. The third-order valence-electron chi connectivity index (χ3n) is 1.85. The number of hydrogen-bond acceptors (Lipinski definition) is 3. The lowest BCUT2D eigenvalue weighted by Crippen LogP contribution is -2.20. The van der Waals surface area contributed by atoms with Gasteiger partial charge in [0.15, 0.2) is 0 Å². The van der Waals surface area contributed by atoms with E-state index in [1.165, 1.54) is 0 Å². The molecule has 4 nitrogen and oxygen atoms in total. The van der Waals surface area contributed by atoms with Gasteiger partial charge in [0.25, 0.3) is 8.53 Å². The van der Waals surface area contributed by atoms with Crippen molar-refractivity contribution in [3.63, 3.8) is 0 Å². The molecular formula is C8H13N2O2P. The fourth-order valence-electron chi connectivity index (χ4n) is 1.32. The van der Waals surface area contributed by atoms with Gasteiger partial charge in [-0.3, -0.25) is 4.34 Å². The molecule has 1 aromatic heterocycles. The first-order valence-electron chi connectivity index (χ1n) is 4.43. The van der Waals surface area contributed by atoms with E-state index in [9.17, 15) is 0 Å². The standard InChI is InChI=1S/C8H13N2O2P/c1-3-11-13-10-5-4-9-8(10)6-7(2)12-13/h4-5,7H,3,6H2,1-2H3. The Morgan fingerprint density at radius 1 is 1.85 bits per heavy atom. The summed E-state index contributed by atoms with van der Waals surface area (Å²) in [6, 6.07) is 0. The summed E-state index contributed by atoms with van der Waals surface area (Å²) >= 11 is 0. The summed E-state index contributed by atoms with van der Waals surface area (Å²) < 4.78 is 13.2. The van der Waals surface area contributed by atoms with Gasteiger partial charge in [-0.1, -0.05) is 0 Å². The average molecular weight is 200 g/mol. The van der Waals surface area contributed by atoms with Crippen LogP contribution in [0.15, 0.2) is 12.4 Å². The minimum Gasteiger partial charge on any atom is -0.318 e. The van der Waals surface area contributed by atoms with Crippen molar-refractivity contribution < 1.29 is 9.05 Å². The quantitative estimate of drug-likeness (QED) is 0.684. The summed E-state index contributed by atoms with van der Waals surface area (Å²) in [5, 5.41) is 0. The van der Waals surface area contributed by atoms with Gasteiger partial charge < -0.3 is 9.05 Å². The number of hydrogen-bond donors (Lipinski definition) is 0. The average Bonchev–Trinajstić information content (AvgIpc) is 2.52. The molecule has 5 heteroatoms. The molecule has 13 heavy (non-hydrogen) atoms. The van der Waals surface area contributed by atoms with Crippen molar-refractivity contribution >= 4 is 8.53 Å². The zero-order valence-corrected chi connectivity index (χ0v) is 8.70. The summed E-state index contributed by atoms with van der Waals surface area (Å²) in [5.41, 5.74) is 0. The maximum Gasteiger partial charge on any atom is 0.295 e. The van der Waals surface area contributed by atoms with Crippen LogP contribution in [0.4, 0.5) is 0 Å². The molecule has 1 aliphatic heterocycles. The van der Waals surface area contributed by atoms with Crippen LogP contribution in [0.2, 0.25) is 0 Å². The van der Waals surface area contributed by atoms with Gasteiger partial charge in [-0.05, 0) is 13.8 Å². The van der Waals surface area contributed by atoms with Crippen LogP contribution in [0.1, 0.15) is 19.7 Å². The second kappa shape index (κ2) is 3.74. The third-order valence-corrected chi connectivity index (χ3v) is 3.59. The van der Waals surface area contributed by atoms with Gasteiger partial charge in [0.2, 0.25) is 0 Å². The monoisotopic (exact) mass is 200 g/mol. The first kappa shape index (κ1) is 9.13. The highest BCUT2D eigenvalue weighted by molar-refractivity contribution is 7.45.